The zero-order valence-electron chi connectivity index (χ0n) is 13.2. The second-order valence-electron chi connectivity index (χ2n) is 6.20. The molecule has 2 aromatic rings. The van der Waals surface area contributed by atoms with E-state index in [1.165, 1.54) is 11.4 Å². The van der Waals surface area contributed by atoms with Gasteiger partial charge < -0.3 is 9.47 Å². The monoisotopic (exact) mass is 331 g/mol. The van der Waals surface area contributed by atoms with Crippen molar-refractivity contribution in [2.75, 3.05) is 13.2 Å². The molecule has 0 radical (unpaired) electrons. The van der Waals surface area contributed by atoms with Crippen LogP contribution in [-0.4, -0.2) is 46.3 Å². The van der Waals surface area contributed by atoms with Crippen LogP contribution in [0.15, 0.2) is 29.9 Å². The number of thiazole rings is 1. The van der Waals surface area contributed by atoms with Gasteiger partial charge in [0.2, 0.25) is 0 Å². The van der Waals surface area contributed by atoms with Gasteiger partial charge in [0.1, 0.15) is 23.0 Å². The van der Waals surface area contributed by atoms with Crippen LogP contribution in [0.25, 0.3) is 0 Å². The van der Waals surface area contributed by atoms with Gasteiger partial charge in [-0.15, -0.1) is 11.3 Å². The van der Waals surface area contributed by atoms with Crippen molar-refractivity contribution >= 4 is 11.3 Å². The minimum Gasteiger partial charge on any atom is -0.485 e. The molecule has 0 saturated carbocycles. The Morgan fingerprint density at radius 1 is 1.48 bits per heavy atom. The minimum absolute atomic E-state index is 0.0607. The number of hydrogen-bond donors (Lipinski definition) is 0. The summed E-state index contributed by atoms with van der Waals surface area (Å²) in [6.45, 7) is 4.64. The smallest absolute Gasteiger partial charge is 0.139 e. The fraction of sp³-hybridized carbons (Fsp3) is 0.529. The Bertz CT molecular complexity index is 648. The summed E-state index contributed by atoms with van der Waals surface area (Å²) in [6.07, 6.45) is 6.02. The van der Waals surface area contributed by atoms with E-state index in [-0.39, 0.29) is 12.2 Å². The molecule has 2 saturated heterocycles. The zero-order valence-corrected chi connectivity index (χ0v) is 14.0. The Kier molecular flexibility index (Phi) is 4.29. The van der Waals surface area contributed by atoms with Gasteiger partial charge in [-0.05, 0) is 31.9 Å². The molecule has 6 heteroatoms. The number of fused-ring (bicyclic) bond motifs is 1. The van der Waals surface area contributed by atoms with Crippen LogP contribution in [0.5, 0.6) is 5.75 Å². The van der Waals surface area contributed by atoms with E-state index in [0.29, 0.717) is 6.04 Å². The number of nitrogens with zero attached hydrogens (tertiary/aromatic N) is 3. The highest BCUT2D eigenvalue weighted by Gasteiger charge is 2.45. The fourth-order valence-electron chi connectivity index (χ4n) is 3.53. The van der Waals surface area contributed by atoms with Gasteiger partial charge in [0.05, 0.1) is 12.7 Å². The average molecular weight is 331 g/mol. The number of rotatable bonds is 4. The van der Waals surface area contributed by atoms with Crippen molar-refractivity contribution in [2.45, 2.75) is 44.6 Å². The van der Waals surface area contributed by atoms with Gasteiger partial charge in [-0.3, -0.25) is 9.88 Å². The fourth-order valence-corrected chi connectivity index (χ4v) is 4.33. The van der Waals surface area contributed by atoms with E-state index in [4.69, 9.17) is 9.47 Å². The van der Waals surface area contributed by atoms with E-state index in [0.717, 1.165) is 37.6 Å². The first kappa shape index (κ1) is 15.1. The maximum atomic E-state index is 6.17. The number of ether oxygens (including phenoxy) is 2. The molecular weight excluding hydrogens is 310 g/mol. The van der Waals surface area contributed by atoms with Crippen molar-refractivity contribution in [3.8, 4) is 5.75 Å². The molecule has 3 atom stereocenters. The van der Waals surface area contributed by atoms with Crippen LogP contribution in [0.3, 0.4) is 0 Å². The first-order chi connectivity index (χ1) is 11.3. The molecule has 0 bridgehead atoms. The third-order valence-electron chi connectivity index (χ3n) is 4.51. The second kappa shape index (κ2) is 6.55. The molecule has 5 nitrogen and oxygen atoms in total. The second-order valence-corrected chi connectivity index (χ2v) is 7.14. The van der Waals surface area contributed by atoms with Crippen LogP contribution in [0.1, 0.15) is 23.5 Å². The predicted octanol–water partition coefficient (Wildman–Crippen LogP) is 2.66. The molecule has 0 N–H and O–H groups in total. The summed E-state index contributed by atoms with van der Waals surface area (Å²) in [6, 6.07) is 4.28. The molecule has 0 unspecified atom stereocenters. The minimum atomic E-state index is 0.0607. The van der Waals surface area contributed by atoms with Crippen LogP contribution in [0.4, 0.5) is 0 Å². The van der Waals surface area contributed by atoms with Crippen LogP contribution in [0, 0.1) is 6.92 Å². The van der Waals surface area contributed by atoms with E-state index in [2.05, 4.69) is 20.2 Å². The maximum Gasteiger partial charge on any atom is 0.139 e. The first-order valence-corrected chi connectivity index (χ1v) is 9.01. The summed E-state index contributed by atoms with van der Waals surface area (Å²) < 4.78 is 12.2. The van der Waals surface area contributed by atoms with Gasteiger partial charge in [0.25, 0.3) is 0 Å². The van der Waals surface area contributed by atoms with E-state index in [9.17, 15) is 0 Å². The molecule has 0 amide bonds. The highest BCUT2D eigenvalue weighted by Crippen LogP contribution is 2.32. The van der Waals surface area contributed by atoms with Crippen LogP contribution in [0.2, 0.25) is 0 Å². The Morgan fingerprint density at radius 2 is 2.43 bits per heavy atom. The van der Waals surface area contributed by atoms with Crippen LogP contribution in [-0.2, 0) is 11.3 Å². The van der Waals surface area contributed by atoms with E-state index >= 15 is 0 Å². The number of likely N-dealkylation sites (tertiary alicyclic amines) is 1. The van der Waals surface area contributed by atoms with Crippen molar-refractivity contribution in [2.24, 2.45) is 0 Å². The lowest BCUT2D eigenvalue weighted by atomic mass is 10.0. The van der Waals surface area contributed by atoms with Gasteiger partial charge in [-0.2, -0.15) is 0 Å². The molecule has 0 aromatic carbocycles. The van der Waals surface area contributed by atoms with Crippen molar-refractivity contribution < 1.29 is 9.47 Å². The van der Waals surface area contributed by atoms with Gasteiger partial charge >= 0.3 is 0 Å². The highest BCUT2D eigenvalue weighted by atomic mass is 32.1. The van der Waals surface area contributed by atoms with E-state index in [1.54, 1.807) is 23.7 Å². The molecule has 23 heavy (non-hydrogen) atoms. The lowest BCUT2D eigenvalue weighted by Crippen LogP contribution is -2.42. The number of hydrogen-bond acceptors (Lipinski definition) is 6. The third kappa shape index (κ3) is 3.24. The third-order valence-corrected chi connectivity index (χ3v) is 5.46. The van der Waals surface area contributed by atoms with Gasteiger partial charge in [-0.25, -0.2) is 4.98 Å². The largest absolute Gasteiger partial charge is 0.485 e. The van der Waals surface area contributed by atoms with Crippen molar-refractivity contribution in [1.82, 2.24) is 14.9 Å². The SMILES string of the molecule is Cc1csc(CN2C[C@H](Oc3cccnc3)[C@H]3OCCC[C@H]32)n1. The van der Waals surface area contributed by atoms with Gasteiger partial charge in [-0.1, -0.05) is 0 Å². The summed E-state index contributed by atoms with van der Waals surface area (Å²) in [4.78, 5) is 11.2. The van der Waals surface area contributed by atoms with Gasteiger partial charge in [0.15, 0.2) is 0 Å². The molecule has 4 heterocycles. The standard InChI is InChI=1S/C17H21N3O2S/c1-12-11-23-16(19-12)10-20-9-15(17-14(20)5-3-7-21-17)22-13-4-2-6-18-8-13/h2,4,6,8,11,14-15,17H,3,5,7,9-10H2,1H3/t14-,15+,17+/m1/s1. The van der Waals surface area contributed by atoms with Crippen molar-refractivity contribution in [3.05, 3.63) is 40.6 Å². The van der Waals surface area contributed by atoms with Crippen molar-refractivity contribution in [1.29, 1.82) is 0 Å². The average Bonchev–Trinajstić information content (AvgIpc) is 3.14. The topological polar surface area (TPSA) is 47.5 Å². The molecule has 0 aliphatic carbocycles. The Balaban J connectivity index is 1.49. The summed E-state index contributed by atoms with van der Waals surface area (Å²) in [5, 5.41) is 3.29. The van der Waals surface area contributed by atoms with Gasteiger partial charge in [0, 0.05) is 36.5 Å². The van der Waals surface area contributed by atoms with E-state index < -0.39 is 0 Å². The molecular formula is C17H21N3O2S. The number of pyridine rings is 1. The molecule has 2 fully saturated rings. The summed E-state index contributed by atoms with van der Waals surface area (Å²) >= 11 is 1.74. The highest BCUT2D eigenvalue weighted by molar-refractivity contribution is 7.09. The molecule has 4 rings (SSSR count). The molecule has 0 spiro atoms. The summed E-state index contributed by atoms with van der Waals surface area (Å²) in [7, 11) is 0. The Morgan fingerprint density at radius 3 is 3.22 bits per heavy atom. The number of aryl methyl sites for hydroxylation is 1. The van der Waals surface area contributed by atoms with Crippen molar-refractivity contribution in [3.63, 3.8) is 0 Å². The summed E-state index contributed by atoms with van der Waals surface area (Å²) in [5.41, 5.74) is 1.10. The number of aromatic nitrogens is 2. The lowest BCUT2D eigenvalue weighted by molar-refractivity contribution is -0.0472. The zero-order chi connectivity index (χ0) is 15.6. The maximum absolute atomic E-state index is 6.17. The molecule has 2 aliphatic heterocycles. The molecule has 122 valence electrons. The normalized spacial score (nSPS) is 27.8. The van der Waals surface area contributed by atoms with Crippen LogP contribution >= 0.6 is 11.3 Å². The lowest BCUT2D eigenvalue weighted by Gasteiger charge is -2.31. The first-order valence-electron chi connectivity index (χ1n) is 8.13. The van der Waals surface area contributed by atoms with Crippen LogP contribution < -0.4 is 4.74 Å². The van der Waals surface area contributed by atoms with E-state index in [1.807, 2.05) is 19.1 Å². The molecule has 2 aromatic heterocycles. The predicted molar refractivity (Wildman–Crippen MR) is 88.7 cm³/mol. The Labute approximate surface area is 140 Å². The molecule has 2 aliphatic rings. The summed E-state index contributed by atoms with van der Waals surface area (Å²) in [5.74, 6) is 0.817. The quantitative estimate of drug-likeness (QED) is 0.862. The Hall–Kier alpha value is -1.50.